The highest BCUT2D eigenvalue weighted by Gasteiger charge is 2.08. The van der Waals surface area contributed by atoms with Crippen LogP contribution in [-0.2, 0) is 6.42 Å². The van der Waals surface area contributed by atoms with Crippen molar-refractivity contribution in [2.24, 2.45) is 0 Å². The van der Waals surface area contributed by atoms with Crippen molar-refractivity contribution in [3.05, 3.63) is 59.7 Å². The van der Waals surface area contributed by atoms with E-state index in [1.807, 2.05) is 31.2 Å². The molecule has 0 spiro atoms. The number of urea groups is 1. The number of hydrogen-bond donors (Lipinski definition) is 2. The highest BCUT2D eigenvalue weighted by molar-refractivity contribution is 5.89. The lowest BCUT2D eigenvalue weighted by Crippen LogP contribution is -2.30. The van der Waals surface area contributed by atoms with Crippen LogP contribution in [-0.4, -0.2) is 19.2 Å². The fourth-order valence-corrected chi connectivity index (χ4v) is 2.07. The minimum absolute atomic E-state index is 0.0707. The molecule has 0 atom stereocenters. The minimum Gasteiger partial charge on any atom is -0.494 e. The van der Waals surface area contributed by atoms with Crippen LogP contribution in [0.2, 0.25) is 0 Å². The Morgan fingerprint density at radius 2 is 1.96 bits per heavy atom. The number of anilines is 1. The molecular formula is C17H18F2N2O2. The van der Waals surface area contributed by atoms with Gasteiger partial charge in [-0.15, -0.1) is 0 Å². The maximum atomic E-state index is 13.4. The third kappa shape index (κ3) is 4.95. The molecular weight excluding hydrogens is 302 g/mol. The Morgan fingerprint density at radius 1 is 1.17 bits per heavy atom. The van der Waals surface area contributed by atoms with Gasteiger partial charge in [0, 0.05) is 12.6 Å². The van der Waals surface area contributed by atoms with Crippen LogP contribution in [0, 0.1) is 11.6 Å². The van der Waals surface area contributed by atoms with Gasteiger partial charge in [-0.1, -0.05) is 18.2 Å². The van der Waals surface area contributed by atoms with Gasteiger partial charge in [-0.25, -0.2) is 13.6 Å². The maximum absolute atomic E-state index is 13.4. The molecule has 122 valence electrons. The summed E-state index contributed by atoms with van der Waals surface area (Å²) in [7, 11) is 0. The maximum Gasteiger partial charge on any atom is 0.319 e. The summed E-state index contributed by atoms with van der Waals surface area (Å²) >= 11 is 0. The number of para-hydroxylation sites is 1. The van der Waals surface area contributed by atoms with Crippen LogP contribution in [0.15, 0.2) is 42.5 Å². The highest BCUT2D eigenvalue weighted by atomic mass is 19.1. The summed E-state index contributed by atoms with van der Waals surface area (Å²) in [5.74, 6) is -0.732. The number of amides is 2. The topological polar surface area (TPSA) is 50.4 Å². The number of benzene rings is 2. The SMILES string of the molecule is CCOc1ccccc1CCNC(=O)Nc1ccc(F)cc1F. The molecule has 2 aromatic rings. The van der Waals surface area contributed by atoms with E-state index in [2.05, 4.69) is 10.6 Å². The van der Waals surface area contributed by atoms with Gasteiger partial charge in [0.2, 0.25) is 0 Å². The number of rotatable bonds is 6. The van der Waals surface area contributed by atoms with Crippen molar-refractivity contribution in [2.45, 2.75) is 13.3 Å². The number of carbonyl (C=O) groups is 1. The molecule has 2 N–H and O–H groups in total. The third-order valence-corrected chi connectivity index (χ3v) is 3.13. The van der Waals surface area contributed by atoms with E-state index in [9.17, 15) is 13.6 Å². The largest absolute Gasteiger partial charge is 0.494 e. The van der Waals surface area contributed by atoms with Crippen molar-refractivity contribution in [3.63, 3.8) is 0 Å². The highest BCUT2D eigenvalue weighted by Crippen LogP contribution is 2.18. The average molecular weight is 320 g/mol. The molecule has 2 amide bonds. The Labute approximate surface area is 133 Å². The van der Waals surface area contributed by atoms with Gasteiger partial charge in [0.25, 0.3) is 0 Å². The molecule has 0 unspecified atom stereocenters. The van der Waals surface area contributed by atoms with Crippen molar-refractivity contribution in [1.29, 1.82) is 0 Å². The lowest BCUT2D eigenvalue weighted by atomic mass is 10.1. The molecule has 0 aliphatic heterocycles. The Hall–Kier alpha value is -2.63. The standard InChI is InChI=1S/C17H18F2N2O2/c1-2-23-16-6-4-3-5-12(16)9-10-20-17(22)21-15-8-7-13(18)11-14(15)19/h3-8,11H,2,9-10H2,1H3,(H2,20,21,22). The van der Waals surface area contributed by atoms with Crippen LogP contribution >= 0.6 is 0 Å². The second-order valence-corrected chi connectivity index (χ2v) is 4.80. The van der Waals surface area contributed by atoms with Gasteiger partial charge in [0.1, 0.15) is 17.4 Å². The summed E-state index contributed by atoms with van der Waals surface area (Å²) in [5.41, 5.74) is 0.904. The van der Waals surface area contributed by atoms with Crippen LogP contribution in [0.4, 0.5) is 19.3 Å². The zero-order chi connectivity index (χ0) is 16.7. The first-order valence-corrected chi connectivity index (χ1v) is 7.30. The van der Waals surface area contributed by atoms with Gasteiger partial charge in [-0.05, 0) is 37.1 Å². The molecule has 2 aromatic carbocycles. The Morgan fingerprint density at radius 3 is 2.70 bits per heavy atom. The van der Waals surface area contributed by atoms with Gasteiger partial charge < -0.3 is 15.4 Å². The summed E-state index contributed by atoms with van der Waals surface area (Å²) < 4.78 is 31.7. The van der Waals surface area contributed by atoms with Crippen molar-refractivity contribution in [3.8, 4) is 5.75 Å². The summed E-state index contributed by atoms with van der Waals surface area (Å²) in [4.78, 5) is 11.7. The first-order valence-electron chi connectivity index (χ1n) is 7.30. The number of halogens is 2. The van der Waals surface area contributed by atoms with Gasteiger partial charge in [0.05, 0.1) is 12.3 Å². The fraction of sp³-hybridized carbons (Fsp3) is 0.235. The molecule has 0 aliphatic rings. The number of hydrogen-bond acceptors (Lipinski definition) is 2. The van der Waals surface area contributed by atoms with Gasteiger partial charge >= 0.3 is 6.03 Å². The lowest BCUT2D eigenvalue weighted by molar-refractivity contribution is 0.252. The normalized spacial score (nSPS) is 10.2. The van der Waals surface area contributed by atoms with E-state index in [0.29, 0.717) is 25.6 Å². The Balaban J connectivity index is 1.85. The van der Waals surface area contributed by atoms with Crippen molar-refractivity contribution < 1.29 is 18.3 Å². The first kappa shape index (κ1) is 16.7. The molecule has 2 rings (SSSR count). The van der Waals surface area contributed by atoms with E-state index in [4.69, 9.17) is 4.74 Å². The summed E-state index contributed by atoms with van der Waals surface area (Å²) in [6, 6.07) is 9.98. The summed E-state index contributed by atoms with van der Waals surface area (Å²) in [6.07, 6.45) is 0.579. The van der Waals surface area contributed by atoms with E-state index in [1.165, 1.54) is 6.07 Å². The molecule has 0 bridgehead atoms. The second-order valence-electron chi connectivity index (χ2n) is 4.80. The summed E-state index contributed by atoms with van der Waals surface area (Å²) in [5, 5.41) is 4.97. The molecule has 0 radical (unpaired) electrons. The molecule has 0 aromatic heterocycles. The summed E-state index contributed by atoms with van der Waals surface area (Å²) in [6.45, 7) is 2.83. The molecule has 0 heterocycles. The van der Waals surface area contributed by atoms with Gasteiger partial charge in [0.15, 0.2) is 0 Å². The molecule has 0 aliphatic carbocycles. The number of ether oxygens (including phenoxy) is 1. The van der Waals surface area contributed by atoms with Gasteiger partial charge in [-0.2, -0.15) is 0 Å². The van der Waals surface area contributed by atoms with E-state index < -0.39 is 17.7 Å². The van der Waals surface area contributed by atoms with Crippen molar-refractivity contribution >= 4 is 11.7 Å². The van der Waals surface area contributed by atoms with Crippen LogP contribution in [0.5, 0.6) is 5.75 Å². The molecule has 6 heteroatoms. The molecule has 0 saturated carbocycles. The Bertz CT molecular complexity index is 677. The predicted molar refractivity (Wildman–Crippen MR) is 84.7 cm³/mol. The molecule has 0 saturated heterocycles. The van der Waals surface area contributed by atoms with Crippen molar-refractivity contribution in [2.75, 3.05) is 18.5 Å². The zero-order valence-electron chi connectivity index (χ0n) is 12.7. The monoisotopic (exact) mass is 320 g/mol. The number of carbonyl (C=O) groups excluding carboxylic acids is 1. The van der Waals surface area contributed by atoms with Gasteiger partial charge in [-0.3, -0.25) is 0 Å². The lowest BCUT2D eigenvalue weighted by Gasteiger charge is -2.11. The fourth-order valence-electron chi connectivity index (χ4n) is 2.07. The number of nitrogens with one attached hydrogen (secondary N) is 2. The Kier molecular flexibility index (Phi) is 5.91. The molecule has 4 nitrogen and oxygen atoms in total. The van der Waals surface area contributed by atoms with E-state index in [-0.39, 0.29) is 5.69 Å². The minimum atomic E-state index is -0.818. The van der Waals surface area contributed by atoms with Crippen LogP contribution in [0.1, 0.15) is 12.5 Å². The van der Waals surface area contributed by atoms with Crippen LogP contribution in [0.3, 0.4) is 0 Å². The average Bonchev–Trinajstić information content (AvgIpc) is 2.52. The predicted octanol–water partition coefficient (Wildman–Crippen LogP) is 3.73. The first-order chi connectivity index (χ1) is 11.1. The van der Waals surface area contributed by atoms with E-state index in [0.717, 1.165) is 17.4 Å². The van der Waals surface area contributed by atoms with Crippen molar-refractivity contribution in [1.82, 2.24) is 5.32 Å². The zero-order valence-corrected chi connectivity index (χ0v) is 12.7. The second kappa shape index (κ2) is 8.12. The van der Waals surface area contributed by atoms with E-state index in [1.54, 1.807) is 0 Å². The van der Waals surface area contributed by atoms with E-state index >= 15 is 0 Å². The molecule has 0 fully saturated rings. The van der Waals surface area contributed by atoms with Crippen LogP contribution < -0.4 is 15.4 Å². The smallest absolute Gasteiger partial charge is 0.319 e. The third-order valence-electron chi connectivity index (χ3n) is 3.13. The molecule has 23 heavy (non-hydrogen) atoms. The van der Waals surface area contributed by atoms with Crippen LogP contribution in [0.25, 0.3) is 0 Å². The quantitative estimate of drug-likeness (QED) is 0.852.